The number of fused-ring (bicyclic) bond motifs is 8. The minimum absolute atomic E-state index is 0.0663. The van der Waals surface area contributed by atoms with Gasteiger partial charge in [0.05, 0.1) is 18.3 Å². The second kappa shape index (κ2) is 7.32. The summed E-state index contributed by atoms with van der Waals surface area (Å²) < 4.78 is 11.1. The van der Waals surface area contributed by atoms with Gasteiger partial charge in [0.1, 0.15) is 11.9 Å². The zero-order valence-electron chi connectivity index (χ0n) is 20.3. The van der Waals surface area contributed by atoms with E-state index in [-0.39, 0.29) is 22.9 Å². The van der Waals surface area contributed by atoms with Crippen LogP contribution < -0.4 is 4.74 Å². The number of rotatable bonds is 2. The molecule has 6 atom stereocenters. The summed E-state index contributed by atoms with van der Waals surface area (Å²) >= 11 is 0. The van der Waals surface area contributed by atoms with E-state index in [0.717, 1.165) is 49.3 Å². The van der Waals surface area contributed by atoms with E-state index in [1.807, 2.05) is 6.07 Å². The van der Waals surface area contributed by atoms with E-state index in [1.165, 1.54) is 36.4 Å². The molecule has 2 saturated carbocycles. The molecule has 0 N–H and O–H groups in total. The second-order valence-electron chi connectivity index (χ2n) is 11.4. The summed E-state index contributed by atoms with van der Waals surface area (Å²) in [6, 6.07) is 8.63. The molecule has 33 heavy (non-hydrogen) atoms. The Morgan fingerprint density at radius 3 is 2.67 bits per heavy atom. The first-order chi connectivity index (χ1) is 15.8. The Balaban J connectivity index is 1.33. The van der Waals surface area contributed by atoms with Gasteiger partial charge in [-0.1, -0.05) is 25.5 Å². The monoisotopic (exact) mass is 445 g/mol. The fraction of sp³-hybridized carbons (Fsp3) is 0.586. The first kappa shape index (κ1) is 21.2. The number of esters is 1. The van der Waals surface area contributed by atoms with Crippen LogP contribution in [-0.4, -0.2) is 24.2 Å². The fourth-order valence-electron chi connectivity index (χ4n) is 8.17. The smallest absolute Gasteiger partial charge is 0.302 e. The molecule has 1 heterocycles. The molecule has 174 valence electrons. The van der Waals surface area contributed by atoms with Crippen molar-refractivity contribution >= 4 is 16.9 Å². The highest BCUT2D eigenvalue weighted by atomic mass is 16.5. The maximum absolute atomic E-state index is 11.5. The van der Waals surface area contributed by atoms with Gasteiger partial charge in [-0.3, -0.25) is 9.78 Å². The molecular weight excluding hydrogens is 410 g/mol. The molecule has 1 aromatic carbocycles. The normalized spacial score (nSPS) is 36.8. The number of benzene rings is 1. The lowest BCUT2D eigenvalue weighted by Crippen LogP contribution is -2.51. The summed E-state index contributed by atoms with van der Waals surface area (Å²) in [5.41, 5.74) is 5.85. The molecule has 6 rings (SSSR count). The number of ether oxygens (including phenoxy) is 2. The van der Waals surface area contributed by atoms with Crippen LogP contribution >= 0.6 is 0 Å². The summed E-state index contributed by atoms with van der Waals surface area (Å²) in [7, 11) is 1.73. The lowest BCUT2D eigenvalue weighted by atomic mass is 9.48. The van der Waals surface area contributed by atoms with Crippen molar-refractivity contribution in [2.75, 3.05) is 7.11 Å². The molecule has 3 unspecified atom stereocenters. The number of carbonyl (C=O) groups excluding carboxylic acids is 1. The van der Waals surface area contributed by atoms with Gasteiger partial charge < -0.3 is 9.47 Å². The van der Waals surface area contributed by atoms with Gasteiger partial charge in [-0.25, -0.2) is 0 Å². The predicted molar refractivity (Wildman–Crippen MR) is 129 cm³/mol. The van der Waals surface area contributed by atoms with Crippen molar-refractivity contribution in [1.82, 2.24) is 4.98 Å². The number of carbonyl (C=O) groups is 1. The van der Waals surface area contributed by atoms with Crippen molar-refractivity contribution < 1.29 is 14.3 Å². The highest BCUT2D eigenvalue weighted by molar-refractivity contribution is 5.81. The number of allylic oxidation sites excluding steroid dienone is 1. The molecule has 0 aliphatic heterocycles. The van der Waals surface area contributed by atoms with Crippen LogP contribution in [-0.2, 0) is 21.4 Å². The largest absolute Gasteiger partial charge is 0.497 e. The SMILES string of the molecule is COc1ccc2nc3c(cc2c1)CC1C2CC=C4C[C@@H](OC(C)=O)CC[C@]4(C)C2CC[C@]31C. The Bertz CT molecular complexity index is 1170. The van der Waals surface area contributed by atoms with E-state index in [1.54, 1.807) is 12.7 Å². The first-order valence-corrected chi connectivity index (χ1v) is 12.7. The quantitative estimate of drug-likeness (QED) is 0.411. The molecule has 4 heteroatoms. The molecule has 2 aromatic rings. The number of pyridine rings is 1. The summed E-state index contributed by atoms with van der Waals surface area (Å²) in [6.45, 7) is 6.52. The summed E-state index contributed by atoms with van der Waals surface area (Å²) in [4.78, 5) is 16.8. The van der Waals surface area contributed by atoms with Crippen molar-refractivity contribution in [3.05, 3.63) is 47.2 Å². The van der Waals surface area contributed by atoms with Crippen molar-refractivity contribution in [3.63, 3.8) is 0 Å². The van der Waals surface area contributed by atoms with Crippen LogP contribution in [0.3, 0.4) is 0 Å². The highest BCUT2D eigenvalue weighted by Gasteiger charge is 2.58. The molecule has 4 nitrogen and oxygen atoms in total. The predicted octanol–water partition coefficient (Wildman–Crippen LogP) is 6.15. The zero-order chi connectivity index (χ0) is 23.0. The molecule has 0 saturated heterocycles. The van der Waals surface area contributed by atoms with Crippen LogP contribution in [0.25, 0.3) is 10.9 Å². The highest BCUT2D eigenvalue weighted by Crippen LogP contribution is 2.64. The van der Waals surface area contributed by atoms with Crippen LogP contribution in [0.5, 0.6) is 5.75 Å². The van der Waals surface area contributed by atoms with E-state index in [0.29, 0.717) is 11.8 Å². The molecular formula is C29H35NO3. The van der Waals surface area contributed by atoms with Crippen molar-refractivity contribution in [2.24, 2.45) is 23.2 Å². The Kier molecular flexibility index (Phi) is 4.70. The number of nitrogens with zero attached hydrogens (tertiary/aromatic N) is 1. The van der Waals surface area contributed by atoms with Crippen LogP contribution in [0.2, 0.25) is 0 Å². The number of hydrogen-bond acceptors (Lipinski definition) is 4. The van der Waals surface area contributed by atoms with Gasteiger partial charge in [0, 0.05) is 24.1 Å². The maximum atomic E-state index is 11.5. The van der Waals surface area contributed by atoms with Crippen LogP contribution in [0.15, 0.2) is 35.9 Å². The average Bonchev–Trinajstić information content (AvgIpc) is 3.08. The van der Waals surface area contributed by atoms with E-state index in [9.17, 15) is 4.79 Å². The van der Waals surface area contributed by atoms with Gasteiger partial charge in [0.2, 0.25) is 0 Å². The fourth-order valence-corrected chi connectivity index (χ4v) is 8.17. The van der Waals surface area contributed by atoms with Gasteiger partial charge in [-0.15, -0.1) is 0 Å². The first-order valence-electron chi connectivity index (χ1n) is 12.7. The minimum atomic E-state index is -0.146. The van der Waals surface area contributed by atoms with Gasteiger partial charge in [0.25, 0.3) is 0 Å². The number of aromatic nitrogens is 1. The summed E-state index contributed by atoms with van der Waals surface area (Å²) in [5, 5.41) is 1.19. The Labute approximate surface area is 196 Å². The molecule has 0 bridgehead atoms. The van der Waals surface area contributed by atoms with Gasteiger partial charge in [-0.05, 0) is 91.5 Å². The Hall–Kier alpha value is -2.36. The number of methoxy groups -OCH3 is 1. The molecule has 0 amide bonds. The molecule has 2 fully saturated rings. The van der Waals surface area contributed by atoms with E-state index >= 15 is 0 Å². The average molecular weight is 446 g/mol. The van der Waals surface area contributed by atoms with Gasteiger partial charge >= 0.3 is 5.97 Å². The molecule has 0 spiro atoms. The zero-order valence-corrected chi connectivity index (χ0v) is 20.3. The minimum Gasteiger partial charge on any atom is -0.497 e. The maximum Gasteiger partial charge on any atom is 0.302 e. The van der Waals surface area contributed by atoms with E-state index in [2.05, 4.69) is 38.1 Å². The molecule has 4 aliphatic carbocycles. The lowest BCUT2D eigenvalue weighted by molar-refractivity contribution is -0.148. The third-order valence-corrected chi connectivity index (χ3v) is 9.86. The summed E-state index contributed by atoms with van der Waals surface area (Å²) in [6.07, 6.45) is 10.4. The third-order valence-electron chi connectivity index (χ3n) is 9.86. The molecule has 0 radical (unpaired) electrons. The third kappa shape index (κ3) is 3.09. The standard InChI is InChI=1S/C29H35NO3/c1-17(31)33-22-9-11-28(2)20(16-22)5-7-23-24(28)10-12-29(3)25(23)15-19-13-18-14-21(32-4)6-8-26(18)30-27(19)29/h5-6,8,13-14,22-25H,7,9-12,15-16H2,1-4H3/t22-,23?,24?,25?,28-,29-/m0/s1. The van der Waals surface area contributed by atoms with Gasteiger partial charge in [-0.2, -0.15) is 0 Å². The Morgan fingerprint density at radius 2 is 1.88 bits per heavy atom. The Morgan fingerprint density at radius 1 is 1.06 bits per heavy atom. The molecule has 4 aliphatic rings. The lowest BCUT2D eigenvalue weighted by Gasteiger charge is -2.57. The van der Waals surface area contributed by atoms with E-state index in [4.69, 9.17) is 14.5 Å². The number of hydrogen-bond donors (Lipinski definition) is 0. The van der Waals surface area contributed by atoms with Crippen LogP contribution in [0, 0.1) is 23.2 Å². The second-order valence-corrected chi connectivity index (χ2v) is 11.4. The topological polar surface area (TPSA) is 48.4 Å². The van der Waals surface area contributed by atoms with Crippen LogP contribution in [0.4, 0.5) is 0 Å². The van der Waals surface area contributed by atoms with Crippen LogP contribution in [0.1, 0.15) is 70.6 Å². The van der Waals surface area contributed by atoms with E-state index < -0.39 is 0 Å². The van der Waals surface area contributed by atoms with Gasteiger partial charge in [0.15, 0.2) is 0 Å². The van der Waals surface area contributed by atoms with Crippen molar-refractivity contribution in [1.29, 1.82) is 0 Å². The van der Waals surface area contributed by atoms with Crippen molar-refractivity contribution in [3.8, 4) is 5.75 Å². The molecule has 1 aromatic heterocycles. The summed E-state index contributed by atoms with van der Waals surface area (Å²) in [5.74, 6) is 2.83. The van der Waals surface area contributed by atoms with Crippen molar-refractivity contribution in [2.45, 2.75) is 77.2 Å².